The van der Waals surface area contributed by atoms with Crippen molar-refractivity contribution in [1.29, 1.82) is 0 Å². The molecule has 0 bridgehead atoms. The van der Waals surface area contributed by atoms with E-state index in [-0.39, 0.29) is 23.0 Å². The minimum Gasteiger partial charge on any atom is -0.508 e. The Bertz CT molecular complexity index is 691. The van der Waals surface area contributed by atoms with Crippen molar-refractivity contribution >= 4 is 12.2 Å². The van der Waals surface area contributed by atoms with Crippen LogP contribution in [-0.4, -0.2) is 31.5 Å². The molecule has 0 spiro atoms. The fraction of sp³-hybridized carbons (Fsp3) is 0.176. The first-order valence-electron chi connectivity index (χ1n) is 6.76. The Hall–Kier alpha value is -2.86. The van der Waals surface area contributed by atoms with Crippen LogP contribution < -0.4 is 14.4 Å². The Labute approximate surface area is 134 Å². The fourth-order valence-electron chi connectivity index (χ4n) is 2.09. The van der Waals surface area contributed by atoms with Gasteiger partial charge in [0, 0.05) is 5.56 Å². The van der Waals surface area contributed by atoms with Crippen LogP contribution in [0.2, 0.25) is 0 Å². The molecule has 0 unspecified atom stereocenters. The van der Waals surface area contributed by atoms with Crippen molar-refractivity contribution in [3.8, 4) is 28.7 Å². The molecule has 0 amide bonds. The number of hydrogen-bond donors (Lipinski definition) is 2. The van der Waals surface area contributed by atoms with Gasteiger partial charge < -0.3 is 24.6 Å². The zero-order valence-corrected chi connectivity index (χ0v) is 13.1. The number of methoxy groups -OCH3 is 2. The quantitative estimate of drug-likeness (QED) is 0.484. The molecule has 2 N–H and O–H groups in total. The summed E-state index contributed by atoms with van der Waals surface area (Å²) in [6.45, 7) is 0. The van der Waals surface area contributed by atoms with Gasteiger partial charge >= 0.3 is 0 Å². The molecule has 0 aliphatic heterocycles. The van der Waals surface area contributed by atoms with E-state index in [2.05, 4.69) is 4.89 Å². The highest BCUT2D eigenvalue weighted by molar-refractivity contribution is 5.77. The van der Waals surface area contributed by atoms with Crippen molar-refractivity contribution in [3.63, 3.8) is 0 Å². The van der Waals surface area contributed by atoms with Crippen LogP contribution in [0.1, 0.15) is 11.1 Å². The maximum absolute atomic E-state index is 10.1. The molecule has 122 valence electrons. The monoisotopic (exact) mass is 318 g/mol. The van der Waals surface area contributed by atoms with Gasteiger partial charge in [-0.15, -0.1) is 0 Å². The lowest BCUT2D eigenvalue weighted by molar-refractivity contribution is -0.180. The number of benzene rings is 2. The van der Waals surface area contributed by atoms with E-state index in [1.807, 2.05) is 0 Å². The second-order valence-electron chi connectivity index (χ2n) is 4.56. The minimum atomic E-state index is -0.106. The predicted molar refractivity (Wildman–Crippen MR) is 85.9 cm³/mol. The molecule has 0 fully saturated rings. The zero-order chi connectivity index (χ0) is 16.8. The molecule has 0 saturated carbocycles. The van der Waals surface area contributed by atoms with Crippen LogP contribution in [0.4, 0.5) is 0 Å². The Morgan fingerprint density at radius 1 is 0.826 bits per heavy atom. The van der Waals surface area contributed by atoms with Gasteiger partial charge in [0.1, 0.15) is 5.75 Å². The van der Waals surface area contributed by atoms with Gasteiger partial charge in [-0.1, -0.05) is 24.3 Å². The van der Waals surface area contributed by atoms with Crippen molar-refractivity contribution in [2.75, 3.05) is 21.3 Å². The fourth-order valence-corrected chi connectivity index (χ4v) is 2.09. The van der Waals surface area contributed by atoms with Crippen molar-refractivity contribution in [2.45, 2.75) is 0 Å². The third-order valence-electron chi connectivity index (χ3n) is 3.12. The standard InChI is InChI=1S/C17H18O6/c1-20-15-12(7-4-11-5-8-13(18)9-6-11)10-14(19)16(21-2)17(15)23-22-3/h4-10,18-19H,1-3H3. The molecule has 0 aromatic heterocycles. The Morgan fingerprint density at radius 3 is 2.04 bits per heavy atom. The average Bonchev–Trinajstić information content (AvgIpc) is 2.55. The number of phenolic OH excluding ortho intramolecular Hbond substituents is 2. The summed E-state index contributed by atoms with van der Waals surface area (Å²) in [5.74, 6) is 0.702. The summed E-state index contributed by atoms with van der Waals surface area (Å²) in [5, 5.41) is 19.4. The smallest absolute Gasteiger partial charge is 0.253 e. The van der Waals surface area contributed by atoms with Gasteiger partial charge in [0.15, 0.2) is 11.5 Å². The van der Waals surface area contributed by atoms with E-state index in [1.54, 1.807) is 36.4 Å². The van der Waals surface area contributed by atoms with Gasteiger partial charge in [0.05, 0.1) is 21.3 Å². The molecule has 0 aliphatic carbocycles. The first-order valence-corrected chi connectivity index (χ1v) is 6.76. The molecule has 0 heterocycles. The SMILES string of the molecule is COOc1c(OC)c(O)cc(C=Cc2ccc(O)cc2)c1OC. The predicted octanol–water partition coefficient (Wildman–Crippen LogP) is 3.23. The van der Waals surface area contributed by atoms with E-state index in [4.69, 9.17) is 14.4 Å². The third-order valence-corrected chi connectivity index (χ3v) is 3.12. The van der Waals surface area contributed by atoms with Crippen LogP contribution in [0.15, 0.2) is 30.3 Å². The summed E-state index contributed by atoms with van der Waals surface area (Å²) < 4.78 is 10.5. The van der Waals surface area contributed by atoms with Crippen molar-refractivity contribution in [3.05, 3.63) is 41.5 Å². The Balaban J connectivity index is 2.46. The largest absolute Gasteiger partial charge is 0.508 e. The molecule has 2 aromatic carbocycles. The topological polar surface area (TPSA) is 77.4 Å². The molecule has 0 saturated heterocycles. The zero-order valence-electron chi connectivity index (χ0n) is 13.1. The summed E-state index contributed by atoms with van der Waals surface area (Å²) in [5.41, 5.74) is 1.44. The number of hydrogen-bond acceptors (Lipinski definition) is 6. The summed E-state index contributed by atoms with van der Waals surface area (Å²) in [6.07, 6.45) is 3.55. The highest BCUT2D eigenvalue weighted by Gasteiger charge is 2.21. The highest BCUT2D eigenvalue weighted by Crippen LogP contribution is 2.46. The number of aromatic hydroxyl groups is 2. The van der Waals surface area contributed by atoms with Gasteiger partial charge in [0.2, 0.25) is 5.75 Å². The minimum absolute atomic E-state index is 0.106. The molecule has 2 aromatic rings. The maximum Gasteiger partial charge on any atom is 0.253 e. The van der Waals surface area contributed by atoms with E-state index in [0.717, 1.165) is 5.56 Å². The summed E-state index contributed by atoms with van der Waals surface area (Å²) in [6, 6.07) is 8.18. The lowest BCUT2D eigenvalue weighted by atomic mass is 10.1. The molecular weight excluding hydrogens is 300 g/mol. The summed E-state index contributed by atoms with van der Waals surface area (Å²) in [4.78, 5) is 9.74. The lowest BCUT2D eigenvalue weighted by Crippen LogP contribution is -2.00. The molecule has 23 heavy (non-hydrogen) atoms. The Kier molecular flexibility index (Phi) is 5.32. The van der Waals surface area contributed by atoms with Crippen LogP contribution in [0.25, 0.3) is 12.2 Å². The first-order chi connectivity index (χ1) is 11.1. The second-order valence-corrected chi connectivity index (χ2v) is 4.56. The van der Waals surface area contributed by atoms with Crippen LogP contribution >= 0.6 is 0 Å². The number of ether oxygens (including phenoxy) is 2. The summed E-state index contributed by atoms with van der Waals surface area (Å²) in [7, 11) is 4.23. The van der Waals surface area contributed by atoms with E-state index in [0.29, 0.717) is 11.3 Å². The van der Waals surface area contributed by atoms with E-state index in [1.165, 1.54) is 27.4 Å². The van der Waals surface area contributed by atoms with Crippen molar-refractivity contribution in [1.82, 2.24) is 0 Å². The maximum atomic E-state index is 10.1. The molecule has 0 aliphatic rings. The Morgan fingerprint density at radius 2 is 1.48 bits per heavy atom. The highest BCUT2D eigenvalue weighted by atomic mass is 17.2. The van der Waals surface area contributed by atoms with Gasteiger partial charge in [0.25, 0.3) is 5.75 Å². The number of phenols is 2. The van der Waals surface area contributed by atoms with E-state index >= 15 is 0 Å². The van der Waals surface area contributed by atoms with Crippen molar-refractivity contribution in [2.24, 2.45) is 0 Å². The normalized spacial score (nSPS) is 10.7. The van der Waals surface area contributed by atoms with Crippen LogP contribution in [0.5, 0.6) is 28.7 Å². The third kappa shape index (κ3) is 3.67. The molecule has 6 nitrogen and oxygen atoms in total. The molecular formula is C17H18O6. The average molecular weight is 318 g/mol. The van der Waals surface area contributed by atoms with Gasteiger partial charge in [-0.25, -0.2) is 0 Å². The molecule has 0 radical (unpaired) electrons. The van der Waals surface area contributed by atoms with Crippen LogP contribution in [0.3, 0.4) is 0 Å². The van der Waals surface area contributed by atoms with Gasteiger partial charge in [-0.05, 0) is 23.8 Å². The second kappa shape index (κ2) is 7.42. The molecule has 6 heteroatoms. The first kappa shape index (κ1) is 16.5. The lowest BCUT2D eigenvalue weighted by Gasteiger charge is -2.15. The summed E-state index contributed by atoms with van der Waals surface area (Å²) >= 11 is 0. The van der Waals surface area contributed by atoms with Gasteiger partial charge in [-0.2, -0.15) is 4.89 Å². The molecule has 2 rings (SSSR count). The van der Waals surface area contributed by atoms with E-state index < -0.39 is 0 Å². The number of rotatable bonds is 6. The van der Waals surface area contributed by atoms with E-state index in [9.17, 15) is 10.2 Å². The van der Waals surface area contributed by atoms with Crippen LogP contribution in [0, 0.1) is 0 Å². The van der Waals surface area contributed by atoms with Crippen molar-refractivity contribution < 1.29 is 29.5 Å². The molecule has 0 atom stereocenters. The van der Waals surface area contributed by atoms with Crippen LogP contribution in [-0.2, 0) is 4.89 Å². The van der Waals surface area contributed by atoms with Gasteiger partial charge in [-0.3, -0.25) is 0 Å².